The molecule has 0 fully saturated rings. The summed E-state index contributed by atoms with van der Waals surface area (Å²) >= 11 is 0. The van der Waals surface area contributed by atoms with Gasteiger partial charge in [-0.2, -0.15) is 0 Å². The summed E-state index contributed by atoms with van der Waals surface area (Å²) in [5, 5.41) is 2.66. The molecule has 5 nitrogen and oxygen atoms in total. The third kappa shape index (κ3) is 7.40. The molecule has 132 valence electrons. The molecule has 24 heavy (non-hydrogen) atoms. The molecular formula is C19H27NO4. The smallest absolute Gasteiger partial charge is 0.307 e. The molecule has 1 amide bonds. The summed E-state index contributed by atoms with van der Waals surface area (Å²) in [5.41, 5.74) is 1.20. The highest BCUT2D eigenvalue weighted by atomic mass is 16.5. The highest BCUT2D eigenvalue weighted by molar-refractivity contribution is 5.98. The van der Waals surface area contributed by atoms with Gasteiger partial charge in [-0.3, -0.25) is 14.4 Å². The Labute approximate surface area is 143 Å². The van der Waals surface area contributed by atoms with Gasteiger partial charge in [0.05, 0.1) is 13.0 Å². The van der Waals surface area contributed by atoms with Crippen LogP contribution in [-0.2, 0) is 9.53 Å². The van der Waals surface area contributed by atoms with Gasteiger partial charge in [0.25, 0.3) is 5.91 Å². The summed E-state index contributed by atoms with van der Waals surface area (Å²) in [4.78, 5) is 35.3. The Kier molecular flexibility index (Phi) is 7.62. The predicted molar refractivity (Wildman–Crippen MR) is 93.0 cm³/mol. The van der Waals surface area contributed by atoms with Crippen LogP contribution in [0.4, 0.5) is 0 Å². The molecule has 0 saturated heterocycles. The van der Waals surface area contributed by atoms with Crippen molar-refractivity contribution in [3.05, 3.63) is 35.4 Å². The summed E-state index contributed by atoms with van der Waals surface area (Å²) in [6, 6.07) is 6.60. The lowest BCUT2D eigenvalue weighted by molar-refractivity contribution is -0.142. The molecule has 1 aromatic carbocycles. The molecule has 0 saturated carbocycles. The number of esters is 1. The summed E-state index contributed by atoms with van der Waals surface area (Å²) in [5.74, 6) is -0.523. The number of carbonyl (C=O) groups excluding carboxylic acids is 3. The lowest BCUT2D eigenvalue weighted by Crippen LogP contribution is -2.26. The predicted octanol–water partition coefficient (Wildman–Crippen LogP) is 3.38. The second-order valence-electron chi connectivity index (χ2n) is 6.87. The van der Waals surface area contributed by atoms with Gasteiger partial charge in [-0.15, -0.1) is 0 Å². The molecule has 0 aromatic heterocycles. The Hall–Kier alpha value is -2.17. The topological polar surface area (TPSA) is 72.5 Å². The van der Waals surface area contributed by atoms with E-state index in [1.165, 1.54) is 0 Å². The standard InChI is InChI=1S/C19H27NO4/c1-5-24-17(22)11-13-20-18(23)15-8-6-14(7-9-15)16(21)10-12-19(2,3)4/h6-9H,5,10-13H2,1-4H3,(H,20,23). The Balaban J connectivity index is 2.50. The number of carbonyl (C=O) groups is 3. The number of ketones is 1. The molecule has 1 rings (SSSR count). The number of amides is 1. The Bertz CT molecular complexity index is 570. The fourth-order valence-electron chi connectivity index (χ4n) is 2.05. The molecule has 0 radical (unpaired) electrons. The molecule has 0 aliphatic rings. The first-order valence-electron chi connectivity index (χ1n) is 8.30. The van der Waals surface area contributed by atoms with Crippen molar-refractivity contribution in [1.29, 1.82) is 0 Å². The minimum absolute atomic E-state index is 0.0826. The van der Waals surface area contributed by atoms with Crippen molar-refractivity contribution in [2.45, 2.75) is 47.0 Å². The largest absolute Gasteiger partial charge is 0.466 e. The molecule has 1 N–H and O–H groups in total. The summed E-state index contributed by atoms with van der Waals surface area (Å²) in [6.45, 7) is 8.60. The van der Waals surface area contributed by atoms with Crippen LogP contribution in [0.1, 0.15) is 67.7 Å². The van der Waals surface area contributed by atoms with Gasteiger partial charge in [0.2, 0.25) is 0 Å². The van der Waals surface area contributed by atoms with Crippen LogP contribution in [0.2, 0.25) is 0 Å². The van der Waals surface area contributed by atoms with Gasteiger partial charge < -0.3 is 10.1 Å². The lowest BCUT2D eigenvalue weighted by atomic mass is 9.88. The maximum absolute atomic E-state index is 12.1. The minimum atomic E-state index is -0.336. The molecule has 0 aliphatic carbocycles. The van der Waals surface area contributed by atoms with Crippen molar-refractivity contribution < 1.29 is 19.1 Å². The quantitative estimate of drug-likeness (QED) is 0.585. The van der Waals surface area contributed by atoms with Crippen molar-refractivity contribution in [3.63, 3.8) is 0 Å². The second-order valence-corrected chi connectivity index (χ2v) is 6.87. The average Bonchev–Trinajstić information content (AvgIpc) is 2.52. The summed E-state index contributed by atoms with van der Waals surface area (Å²) in [7, 11) is 0. The van der Waals surface area contributed by atoms with Gasteiger partial charge in [-0.25, -0.2) is 0 Å². The highest BCUT2D eigenvalue weighted by Crippen LogP contribution is 2.22. The number of hydrogen-bond donors (Lipinski definition) is 1. The summed E-state index contributed by atoms with van der Waals surface area (Å²) < 4.78 is 4.79. The van der Waals surface area contributed by atoms with E-state index >= 15 is 0 Å². The zero-order valence-electron chi connectivity index (χ0n) is 15.0. The van der Waals surface area contributed by atoms with E-state index < -0.39 is 0 Å². The van der Waals surface area contributed by atoms with Gasteiger partial charge in [0.1, 0.15) is 0 Å². The molecular weight excluding hydrogens is 306 g/mol. The van der Waals surface area contributed by atoms with Crippen LogP contribution in [0.3, 0.4) is 0 Å². The first-order valence-corrected chi connectivity index (χ1v) is 8.30. The van der Waals surface area contributed by atoms with Crippen molar-refractivity contribution in [2.24, 2.45) is 5.41 Å². The minimum Gasteiger partial charge on any atom is -0.466 e. The third-order valence-corrected chi connectivity index (χ3v) is 3.49. The van der Waals surface area contributed by atoms with Crippen molar-refractivity contribution in [2.75, 3.05) is 13.2 Å². The van der Waals surface area contributed by atoms with Crippen molar-refractivity contribution in [1.82, 2.24) is 5.32 Å². The monoisotopic (exact) mass is 333 g/mol. The fourth-order valence-corrected chi connectivity index (χ4v) is 2.05. The van der Waals surface area contributed by atoms with E-state index in [1.54, 1.807) is 31.2 Å². The third-order valence-electron chi connectivity index (χ3n) is 3.49. The van der Waals surface area contributed by atoms with Crippen LogP contribution < -0.4 is 5.32 Å². The van der Waals surface area contributed by atoms with E-state index in [4.69, 9.17) is 4.74 Å². The van der Waals surface area contributed by atoms with Gasteiger partial charge in [0.15, 0.2) is 5.78 Å². The van der Waals surface area contributed by atoms with E-state index in [2.05, 4.69) is 26.1 Å². The number of hydrogen-bond acceptors (Lipinski definition) is 4. The van der Waals surface area contributed by atoms with E-state index in [1.807, 2.05) is 0 Å². The van der Waals surface area contributed by atoms with Gasteiger partial charge >= 0.3 is 5.97 Å². The lowest BCUT2D eigenvalue weighted by Gasteiger charge is -2.17. The molecule has 0 spiro atoms. The molecule has 0 unspecified atom stereocenters. The first-order chi connectivity index (χ1) is 11.2. The van der Waals surface area contributed by atoms with Crippen LogP contribution in [0.5, 0.6) is 0 Å². The summed E-state index contributed by atoms with van der Waals surface area (Å²) in [6.07, 6.45) is 1.46. The van der Waals surface area contributed by atoms with Gasteiger partial charge in [-0.1, -0.05) is 32.9 Å². The molecule has 0 atom stereocenters. The van der Waals surface area contributed by atoms with Crippen LogP contribution in [0.15, 0.2) is 24.3 Å². The zero-order chi connectivity index (χ0) is 18.2. The molecule has 0 heterocycles. The maximum atomic E-state index is 12.1. The number of ether oxygens (including phenoxy) is 1. The Morgan fingerprint density at radius 3 is 2.12 bits per heavy atom. The van der Waals surface area contributed by atoms with Gasteiger partial charge in [-0.05, 0) is 30.9 Å². The van der Waals surface area contributed by atoms with Gasteiger partial charge in [0, 0.05) is 24.1 Å². The molecule has 5 heteroatoms. The van der Waals surface area contributed by atoms with Crippen LogP contribution in [0, 0.1) is 5.41 Å². The normalized spacial score (nSPS) is 11.0. The number of nitrogens with one attached hydrogen (secondary N) is 1. The Morgan fingerprint density at radius 1 is 1.00 bits per heavy atom. The maximum Gasteiger partial charge on any atom is 0.307 e. The molecule has 0 bridgehead atoms. The zero-order valence-corrected chi connectivity index (χ0v) is 15.0. The van der Waals surface area contributed by atoms with E-state index in [0.29, 0.717) is 24.2 Å². The highest BCUT2D eigenvalue weighted by Gasteiger charge is 2.14. The molecule has 1 aromatic rings. The fraction of sp³-hybridized carbons (Fsp3) is 0.526. The van der Waals surface area contributed by atoms with Crippen LogP contribution in [-0.4, -0.2) is 30.8 Å². The van der Waals surface area contributed by atoms with E-state index in [0.717, 1.165) is 6.42 Å². The second kappa shape index (κ2) is 9.21. The van der Waals surface area contributed by atoms with E-state index in [9.17, 15) is 14.4 Å². The number of Topliss-reactive ketones (excluding diaryl/α,β-unsaturated/α-hetero) is 1. The average molecular weight is 333 g/mol. The van der Waals surface area contributed by atoms with Crippen LogP contribution in [0.25, 0.3) is 0 Å². The Morgan fingerprint density at radius 2 is 1.58 bits per heavy atom. The number of rotatable bonds is 8. The van der Waals surface area contributed by atoms with Crippen LogP contribution >= 0.6 is 0 Å². The molecule has 0 aliphatic heterocycles. The first kappa shape index (κ1) is 19.9. The van der Waals surface area contributed by atoms with Crippen molar-refractivity contribution in [3.8, 4) is 0 Å². The van der Waals surface area contributed by atoms with Crippen molar-refractivity contribution >= 4 is 17.7 Å². The van der Waals surface area contributed by atoms with E-state index in [-0.39, 0.29) is 36.0 Å². The number of benzene rings is 1. The SMILES string of the molecule is CCOC(=O)CCNC(=O)c1ccc(C(=O)CCC(C)(C)C)cc1.